The van der Waals surface area contributed by atoms with Gasteiger partial charge in [0.1, 0.15) is 0 Å². The molecule has 0 amide bonds. The minimum atomic E-state index is -0.432. The van der Waals surface area contributed by atoms with Gasteiger partial charge in [-0.3, -0.25) is 0 Å². The monoisotopic (exact) mass is 284 g/mol. The minimum Gasteiger partial charge on any atom is -0.463 e. The van der Waals surface area contributed by atoms with Gasteiger partial charge >= 0.3 is 5.97 Å². The highest BCUT2D eigenvalue weighted by molar-refractivity contribution is 5.85. The summed E-state index contributed by atoms with van der Waals surface area (Å²) in [6.45, 7) is 3.65. The largest absolute Gasteiger partial charge is 0.463 e. The highest BCUT2D eigenvalue weighted by atomic mass is 16.5. The van der Waals surface area contributed by atoms with Crippen LogP contribution in [0.2, 0.25) is 0 Å². The van der Waals surface area contributed by atoms with Crippen LogP contribution in [0.5, 0.6) is 0 Å². The van der Waals surface area contributed by atoms with E-state index in [0.717, 1.165) is 11.6 Å². The Kier molecular flexibility index (Phi) is 5.52. The molecular formula is C18H20O3. The Morgan fingerprint density at radius 3 is 2.81 bits per heavy atom. The van der Waals surface area contributed by atoms with Crippen LogP contribution in [-0.2, 0) is 16.0 Å². The molecule has 0 bridgehead atoms. The first-order valence-electron chi connectivity index (χ1n) is 7.14. The molecule has 0 radical (unpaired) electrons. The SMILES string of the molecule is C=CC(=O)OCCCC(O)Cc1cccc2ccccc12. The lowest BCUT2D eigenvalue weighted by molar-refractivity contribution is -0.138. The third kappa shape index (κ3) is 4.43. The first-order valence-corrected chi connectivity index (χ1v) is 7.14. The molecule has 0 spiro atoms. The predicted molar refractivity (Wildman–Crippen MR) is 84.0 cm³/mol. The van der Waals surface area contributed by atoms with E-state index in [-0.39, 0.29) is 0 Å². The van der Waals surface area contributed by atoms with Gasteiger partial charge in [0.25, 0.3) is 0 Å². The Morgan fingerprint density at radius 1 is 1.24 bits per heavy atom. The number of aliphatic hydroxyl groups is 1. The van der Waals surface area contributed by atoms with Crippen molar-refractivity contribution in [1.82, 2.24) is 0 Å². The highest BCUT2D eigenvalue weighted by Crippen LogP contribution is 2.20. The molecule has 3 nitrogen and oxygen atoms in total. The minimum absolute atomic E-state index is 0.317. The van der Waals surface area contributed by atoms with Crippen LogP contribution in [0.25, 0.3) is 10.8 Å². The van der Waals surface area contributed by atoms with E-state index in [1.165, 1.54) is 10.8 Å². The number of fused-ring (bicyclic) bond motifs is 1. The fraction of sp³-hybridized carbons (Fsp3) is 0.278. The summed E-state index contributed by atoms with van der Waals surface area (Å²) in [5, 5.41) is 12.5. The second kappa shape index (κ2) is 7.60. The number of aliphatic hydroxyl groups excluding tert-OH is 1. The van der Waals surface area contributed by atoms with Crippen molar-refractivity contribution in [3.05, 3.63) is 60.7 Å². The van der Waals surface area contributed by atoms with Gasteiger partial charge in [0.15, 0.2) is 0 Å². The smallest absolute Gasteiger partial charge is 0.330 e. The Hall–Kier alpha value is -2.13. The van der Waals surface area contributed by atoms with Crippen LogP contribution >= 0.6 is 0 Å². The van der Waals surface area contributed by atoms with Gasteiger partial charge in [-0.15, -0.1) is 0 Å². The average molecular weight is 284 g/mol. The molecule has 0 aliphatic carbocycles. The molecule has 110 valence electrons. The van der Waals surface area contributed by atoms with Gasteiger partial charge in [0.05, 0.1) is 12.7 Å². The van der Waals surface area contributed by atoms with Gasteiger partial charge < -0.3 is 9.84 Å². The van der Waals surface area contributed by atoms with Crippen LogP contribution in [0.15, 0.2) is 55.1 Å². The van der Waals surface area contributed by atoms with Gasteiger partial charge in [0, 0.05) is 6.08 Å². The lowest BCUT2D eigenvalue weighted by Gasteiger charge is -2.12. The molecule has 0 aliphatic heterocycles. The van der Waals surface area contributed by atoms with E-state index in [1.807, 2.05) is 24.3 Å². The number of carbonyl (C=O) groups excluding carboxylic acids is 1. The Morgan fingerprint density at radius 2 is 2.00 bits per heavy atom. The summed E-state index contributed by atoms with van der Waals surface area (Å²) in [5.41, 5.74) is 1.14. The van der Waals surface area contributed by atoms with Crippen LogP contribution in [0.4, 0.5) is 0 Å². The summed E-state index contributed by atoms with van der Waals surface area (Å²) in [5.74, 6) is -0.418. The van der Waals surface area contributed by atoms with Gasteiger partial charge in [-0.25, -0.2) is 4.79 Å². The molecule has 0 heterocycles. The maximum Gasteiger partial charge on any atom is 0.330 e. The predicted octanol–water partition coefficient (Wildman–Crippen LogP) is 3.25. The third-order valence-electron chi connectivity index (χ3n) is 3.43. The maximum atomic E-state index is 10.9. The van der Waals surface area contributed by atoms with Crippen molar-refractivity contribution in [2.24, 2.45) is 0 Å². The van der Waals surface area contributed by atoms with E-state index in [1.54, 1.807) is 0 Å². The quantitative estimate of drug-likeness (QED) is 0.482. The maximum absolute atomic E-state index is 10.9. The summed E-state index contributed by atoms with van der Waals surface area (Å²) in [6.07, 6.45) is 2.57. The summed E-state index contributed by atoms with van der Waals surface area (Å²) >= 11 is 0. The summed E-state index contributed by atoms with van der Waals surface area (Å²) in [6, 6.07) is 14.3. The fourth-order valence-electron chi connectivity index (χ4n) is 2.38. The average Bonchev–Trinajstić information content (AvgIpc) is 2.51. The molecule has 2 aromatic carbocycles. The van der Waals surface area contributed by atoms with Crippen LogP contribution in [0, 0.1) is 0 Å². The Labute approximate surface area is 124 Å². The summed E-state index contributed by atoms with van der Waals surface area (Å²) in [7, 11) is 0. The molecule has 3 heteroatoms. The van der Waals surface area contributed by atoms with E-state index >= 15 is 0 Å². The number of ether oxygens (including phenoxy) is 1. The van der Waals surface area contributed by atoms with Crippen LogP contribution in [0.3, 0.4) is 0 Å². The van der Waals surface area contributed by atoms with Crippen LogP contribution in [-0.4, -0.2) is 23.8 Å². The van der Waals surface area contributed by atoms with Gasteiger partial charge in [-0.05, 0) is 35.6 Å². The van der Waals surface area contributed by atoms with Crippen LogP contribution < -0.4 is 0 Å². The van der Waals surface area contributed by atoms with Gasteiger partial charge in [-0.2, -0.15) is 0 Å². The van der Waals surface area contributed by atoms with E-state index in [2.05, 4.69) is 24.8 Å². The Bertz CT molecular complexity index is 613. The first kappa shape index (κ1) is 15.3. The summed E-state index contributed by atoms with van der Waals surface area (Å²) < 4.78 is 4.89. The zero-order valence-electron chi connectivity index (χ0n) is 12.0. The van der Waals surface area contributed by atoms with E-state index in [0.29, 0.717) is 25.9 Å². The molecule has 1 atom stereocenters. The molecular weight excluding hydrogens is 264 g/mol. The second-order valence-corrected chi connectivity index (χ2v) is 5.01. The van der Waals surface area contributed by atoms with E-state index in [4.69, 9.17) is 4.74 Å². The Balaban J connectivity index is 1.88. The van der Waals surface area contributed by atoms with E-state index in [9.17, 15) is 9.90 Å². The topological polar surface area (TPSA) is 46.5 Å². The van der Waals surface area contributed by atoms with Crippen molar-refractivity contribution in [3.63, 3.8) is 0 Å². The van der Waals surface area contributed by atoms with E-state index < -0.39 is 12.1 Å². The zero-order valence-corrected chi connectivity index (χ0v) is 12.0. The molecule has 0 fully saturated rings. The first-order chi connectivity index (χ1) is 10.2. The molecule has 1 unspecified atom stereocenters. The van der Waals surface area contributed by atoms with Crippen molar-refractivity contribution in [2.75, 3.05) is 6.61 Å². The number of rotatable bonds is 7. The third-order valence-corrected chi connectivity index (χ3v) is 3.43. The molecule has 0 saturated heterocycles. The van der Waals surface area contributed by atoms with Crippen molar-refractivity contribution >= 4 is 16.7 Å². The second-order valence-electron chi connectivity index (χ2n) is 5.01. The standard InChI is InChI=1S/C18H20O3/c1-2-18(20)21-12-6-10-16(19)13-15-9-5-8-14-7-3-4-11-17(14)15/h2-5,7-9,11,16,19H,1,6,10,12-13H2. The zero-order chi connectivity index (χ0) is 15.1. The molecule has 21 heavy (non-hydrogen) atoms. The number of benzene rings is 2. The molecule has 0 aromatic heterocycles. The normalized spacial score (nSPS) is 12.0. The number of hydrogen-bond donors (Lipinski definition) is 1. The number of carbonyl (C=O) groups is 1. The van der Waals surface area contributed by atoms with Gasteiger partial charge in [0.2, 0.25) is 0 Å². The van der Waals surface area contributed by atoms with Crippen molar-refractivity contribution in [3.8, 4) is 0 Å². The lowest BCUT2D eigenvalue weighted by Crippen LogP contribution is -2.12. The summed E-state index contributed by atoms with van der Waals surface area (Å²) in [4.78, 5) is 10.9. The number of esters is 1. The van der Waals surface area contributed by atoms with Crippen LogP contribution in [0.1, 0.15) is 18.4 Å². The molecule has 0 saturated carbocycles. The number of hydrogen-bond acceptors (Lipinski definition) is 3. The molecule has 2 aromatic rings. The van der Waals surface area contributed by atoms with Crippen molar-refractivity contribution in [1.29, 1.82) is 0 Å². The lowest BCUT2D eigenvalue weighted by atomic mass is 9.98. The highest BCUT2D eigenvalue weighted by Gasteiger charge is 2.08. The van der Waals surface area contributed by atoms with Crippen molar-refractivity contribution < 1.29 is 14.6 Å². The molecule has 0 aliphatic rings. The molecule has 1 N–H and O–H groups in total. The van der Waals surface area contributed by atoms with Gasteiger partial charge in [-0.1, -0.05) is 49.0 Å². The molecule has 2 rings (SSSR count). The van der Waals surface area contributed by atoms with Crippen molar-refractivity contribution in [2.45, 2.75) is 25.4 Å². The fourth-order valence-corrected chi connectivity index (χ4v) is 2.38.